The molecule has 0 aliphatic rings. The van der Waals surface area contributed by atoms with Gasteiger partial charge in [-0.25, -0.2) is 0 Å². The van der Waals surface area contributed by atoms with E-state index < -0.39 is 5.91 Å². The number of primary amides is 1. The molecule has 5 nitrogen and oxygen atoms in total. The van der Waals surface area contributed by atoms with Crippen molar-refractivity contribution in [3.63, 3.8) is 0 Å². The zero-order valence-corrected chi connectivity index (χ0v) is 13.0. The van der Waals surface area contributed by atoms with Gasteiger partial charge in [0.15, 0.2) is 0 Å². The molecule has 0 bridgehead atoms. The van der Waals surface area contributed by atoms with Crippen molar-refractivity contribution in [2.24, 2.45) is 5.73 Å². The highest BCUT2D eigenvalue weighted by atomic mass is 16.5. The van der Waals surface area contributed by atoms with Gasteiger partial charge in [0, 0.05) is 12.0 Å². The van der Waals surface area contributed by atoms with E-state index in [0.717, 1.165) is 16.9 Å². The number of nitrogens with two attached hydrogens (primary N) is 1. The molecule has 0 fully saturated rings. The Hall–Kier alpha value is -2.82. The maximum Gasteiger partial charge on any atom is 0.306 e. The molecule has 0 aromatic heterocycles. The lowest BCUT2D eigenvalue weighted by Gasteiger charge is -2.06. The van der Waals surface area contributed by atoms with Gasteiger partial charge in [-0.05, 0) is 41.8 Å². The van der Waals surface area contributed by atoms with Gasteiger partial charge in [-0.15, -0.1) is 0 Å². The summed E-state index contributed by atoms with van der Waals surface area (Å²) in [5.41, 5.74) is 7.46. The third-order valence-corrected chi connectivity index (χ3v) is 3.42. The summed E-state index contributed by atoms with van der Waals surface area (Å²) in [6.07, 6.45) is 0.926. The number of carbonyl (C=O) groups excluding carboxylic acids is 2. The van der Waals surface area contributed by atoms with Crippen LogP contribution in [0.25, 0.3) is 0 Å². The van der Waals surface area contributed by atoms with E-state index >= 15 is 0 Å². The second kappa shape index (κ2) is 7.98. The van der Waals surface area contributed by atoms with Gasteiger partial charge in [0.25, 0.3) is 0 Å². The predicted molar refractivity (Wildman–Crippen MR) is 86.1 cm³/mol. The number of methoxy groups -OCH3 is 1. The van der Waals surface area contributed by atoms with Crippen molar-refractivity contribution in [3.05, 3.63) is 65.2 Å². The molecule has 23 heavy (non-hydrogen) atoms. The molecule has 0 saturated carbocycles. The minimum atomic E-state index is -0.479. The number of hydrogen-bond donors (Lipinski definition) is 1. The van der Waals surface area contributed by atoms with Crippen molar-refractivity contribution in [2.45, 2.75) is 19.4 Å². The first kappa shape index (κ1) is 16.5. The van der Waals surface area contributed by atoms with Crippen LogP contribution in [0.15, 0.2) is 48.5 Å². The van der Waals surface area contributed by atoms with E-state index in [2.05, 4.69) is 0 Å². The quantitative estimate of drug-likeness (QED) is 0.796. The van der Waals surface area contributed by atoms with Crippen molar-refractivity contribution in [3.8, 4) is 5.75 Å². The van der Waals surface area contributed by atoms with Gasteiger partial charge in [0.05, 0.1) is 7.11 Å². The Bertz CT molecular complexity index is 662. The minimum absolute atomic E-state index is 0.181. The van der Waals surface area contributed by atoms with Crippen LogP contribution in [0.4, 0.5) is 0 Å². The van der Waals surface area contributed by atoms with Gasteiger partial charge in [-0.2, -0.15) is 0 Å². The maximum absolute atomic E-state index is 11.8. The summed E-state index contributed by atoms with van der Waals surface area (Å²) >= 11 is 0. The van der Waals surface area contributed by atoms with Gasteiger partial charge >= 0.3 is 5.97 Å². The van der Waals surface area contributed by atoms with Crippen molar-refractivity contribution in [1.29, 1.82) is 0 Å². The molecule has 0 atom stereocenters. The molecule has 2 rings (SSSR count). The zero-order valence-electron chi connectivity index (χ0n) is 13.0. The van der Waals surface area contributed by atoms with Crippen LogP contribution in [-0.2, 0) is 22.6 Å². The summed E-state index contributed by atoms with van der Waals surface area (Å²) in [4.78, 5) is 22.7. The molecule has 2 N–H and O–H groups in total. The van der Waals surface area contributed by atoms with E-state index in [-0.39, 0.29) is 12.6 Å². The summed E-state index contributed by atoms with van der Waals surface area (Å²) in [5, 5.41) is 0. The Kier molecular flexibility index (Phi) is 5.74. The third kappa shape index (κ3) is 5.14. The highest BCUT2D eigenvalue weighted by Gasteiger charge is 2.06. The number of ether oxygens (including phenoxy) is 2. The van der Waals surface area contributed by atoms with E-state index in [9.17, 15) is 9.59 Å². The number of rotatable bonds is 7. The van der Waals surface area contributed by atoms with Gasteiger partial charge in [0.2, 0.25) is 5.91 Å². The van der Waals surface area contributed by atoms with Crippen LogP contribution in [0.5, 0.6) is 5.75 Å². The summed E-state index contributed by atoms with van der Waals surface area (Å²) in [5.74, 6) is 0.0450. The number of carbonyl (C=O) groups is 2. The molecule has 0 saturated heterocycles. The van der Waals surface area contributed by atoms with Crippen LogP contribution in [-0.4, -0.2) is 19.0 Å². The Morgan fingerprint density at radius 1 is 0.957 bits per heavy atom. The molecular formula is C18H19NO4. The Morgan fingerprint density at radius 2 is 1.57 bits per heavy atom. The smallest absolute Gasteiger partial charge is 0.306 e. The molecule has 0 spiro atoms. The second-order valence-corrected chi connectivity index (χ2v) is 5.07. The van der Waals surface area contributed by atoms with Crippen LogP contribution in [0.1, 0.15) is 27.9 Å². The number of esters is 1. The van der Waals surface area contributed by atoms with Crippen LogP contribution < -0.4 is 10.5 Å². The van der Waals surface area contributed by atoms with Crippen LogP contribution in [0.2, 0.25) is 0 Å². The van der Waals surface area contributed by atoms with E-state index in [1.54, 1.807) is 31.4 Å². The predicted octanol–water partition coefficient (Wildman–Crippen LogP) is 2.47. The van der Waals surface area contributed by atoms with Crippen molar-refractivity contribution < 1.29 is 19.1 Å². The molecule has 5 heteroatoms. The fourth-order valence-electron chi connectivity index (χ4n) is 2.04. The highest BCUT2D eigenvalue weighted by molar-refractivity contribution is 5.92. The average Bonchev–Trinajstić information content (AvgIpc) is 2.59. The zero-order chi connectivity index (χ0) is 16.7. The second-order valence-electron chi connectivity index (χ2n) is 5.07. The first-order valence-electron chi connectivity index (χ1n) is 7.26. The monoisotopic (exact) mass is 313 g/mol. The van der Waals surface area contributed by atoms with E-state index in [0.29, 0.717) is 18.4 Å². The van der Waals surface area contributed by atoms with Gasteiger partial charge in [-0.1, -0.05) is 24.3 Å². The molecule has 0 aliphatic carbocycles. The first-order chi connectivity index (χ1) is 11.1. The molecule has 0 unspecified atom stereocenters. The summed E-state index contributed by atoms with van der Waals surface area (Å²) in [6.45, 7) is 0.181. The fourth-order valence-corrected chi connectivity index (χ4v) is 2.04. The maximum atomic E-state index is 11.8. The summed E-state index contributed by atoms with van der Waals surface area (Å²) in [7, 11) is 1.61. The minimum Gasteiger partial charge on any atom is -0.497 e. The Labute approximate surface area is 135 Å². The topological polar surface area (TPSA) is 78.6 Å². The molecule has 2 aromatic carbocycles. The summed E-state index contributed by atoms with van der Waals surface area (Å²) in [6, 6.07) is 14.2. The normalized spacial score (nSPS) is 10.1. The van der Waals surface area contributed by atoms with E-state index in [4.69, 9.17) is 15.2 Å². The number of benzene rings is 2. The first-order valence-corrected chi connectivity index (χ1v) is 7.26. The Morgan fingerprint density at radius 3 is 2.13 bits per heavy atom. The highest BCUT2D eigenvalue weighted by Crippen LogP contribution is 2.13. The molecule has 0 radical (unpaired) electrons. The van der Waals surface area contributed by atoms with Crippen LogP contribution >= 0.6 is 0 Å². The third-order valence-electron chi connectivity index (χ3n) is 3.42. The van der Waals surface area contributed by atoms with Gasteiger partial charge in [-0.3, -0.25) is 9.59 Å². The van der Waals surface area contributed by atoms with Gasteiger partial charge < -0.3 is 15.2 Å². The lowest BCUT2D eigenvalue weighted by atomic mass is 10.1. The molecule has 2 aromatic rings. The van der Waals surface area contributed by atoms with E-state index in [1.807, 2.05) is 24.3 Å². The lowest BCUT2D eigenvalue weighted by Crippen LogP contribution is -2.11. The van der Waals surface area contributed by atoms with Gasteiger partial charge in [0.1, 0.15) is 12.4 Å². The lowest BCUT2D eigenvalue weighted by molar-refractivity contribution is -0.144. The van der Waals surface area contributed by atoms with Crippen LogP contribution in [0.3, 0.4) is 0 Å². The molecule has 1 amide bonds. The molecular weight excluding hydrogens is 294 g/mol. The van der Waals surface area contributed by atoms with Crippen molar-refractivity contribution in [2.75, 3.05) is 7.11 Å². The summed E-state index contributed by atoms with van der Waals surface area (Å²) < 4.78 is 10.3. The number of amides is 1. The van der Waals surface area contributed by atoms with Crippen LogP contribution in [0, 0.1) is 0 Å². The number of hydrogen-bond acceptors (Lipinski definition) is 4. The fraction of sp³-hybridized carbons (Fsp3) is 0.222. The van der Waals surface area contributed by atoms with E-state index in [1.165, 1.54) is 0 Å². The standard InChI is InChI=1S/C18H19NO4/c1-22-16-9-4-13(5-10-16)6-11-17(20)23-12-14-2-7-15(8-3-14)18(19)21/h2-5,7-10H,6,11-12H2,1H3,(H2,19,21). The average molecular weight is 313 g/mol. The SMILES string of the molecule is COc1ccc(CCC(=O)OCc2ccc(C(N)=O)cc2)cc1. The van der Waals surface area contributed by atoms with Crippen molar-refractivity contribution >= 4 is 11.9 Å². The largest absolute Gasteiger partial charge is 0.497 e. The van der Waals surface area contributed by atoms with Crippen molar-refractivity contribution in [1.82, 2.24) is 0 Å². The number of aryl methyl sites for hydroxylation is 1. The molecule has 0 heterocycles. The Balaban J connectivity index is 1.77. The molecule has 0 aliphatic heterocycles. The molecule has 120 valence electrons.